The minimum Gasteiger partial charge on any atom is -0.478 e. The van der Waals surface area contributed by atoms with Gasteiger partial charge in [-0.3, -0.25) is 0 Å². The summed E-state index contributed by atoms with van der Waals surface area (Å²) in [7, 11) is 0. The van der Waals surface area contributed by atoms with Gasteiger partial charge in [0.05, 0.1) is 11.7 Å². The molecule has 1 heterocycles. The van der Waals surface area contributed by atoms with Crippen molar-refractivity contribution in [2.24, 2.45) is 0 Å². The Morgan fingerprint density at radius 3 is 3.06 bits per heavy atom. The number of hydrogen-bond acceptors (Lipinski definition) is 3. The fraction of sp³-hybridized carbons (Fsp3) is 0.462. The molecule has 0 bridgehead atoms. The molecule has 92 valence electrons. The van der Waals surface area contributed by atoms with E-state index in [0.29, 0.717) is 18.2 Å². The second-order valence-corrected chi connectivity index (χ2v) is 4.36. The summed E-state index contributed by atoms with van der Waals surface area (Å²) in [5, 5.41) is 12.3. The second-order valence-electron chi connectivity index (χ2n) is 4.36. The van der Waals surface area contributed by atoms with Crippen LogP contribution in [0.3, 0.4) is 0 Å². The molecule has 2 unspecified atom stereocenters. The maximum absolute atomic E-state index is 10.8. The van der Waals surface area contributed by atoms with Crippen molar-refractivity contribution in [3.63, 3.8) is 0 Å². The number of aromatic carboxylic acids is 1. The highest BCUT2D eigenvalue weighted by molar-refractivity contribution is 5.87. The third kappa shape index (κ3) is 3.05. The summed E-state index contributed by atoms with van der Waals surface area (Å²) >= 11 is 0. The Morgan fingerprint density at radius 2 is 2.41 bits per heavy atom. The van der Waals surface area contributed by atoms with Crippen LogP contribution in [0.2, 0.25) is 0 Å². The Balaban J connectivity index is 1.94. The summed E-state index contributed by atoms with van der Waals surface area (Å²) in [4.78, 5) is 10.8. The van der Waals surface area contributed by atoms with E-state index in [0.717, 1.165) is 18.6 Å². The monoisotopic (exact) mass is 235 g/mol. The molecule has 0 aromatic heterocycles. The van der Waals surface area contributed by atoms with Crippen molar-refractivity contribution in [2.75, 3.05) is 6.61 Å². The molecule has 2 atom stereocenters. The van der Waals surface area contributed by atoms with E-state index < -0.39 is 5.97 Å². The molecule has 4 nitrogen and oxygen atoms in total. The van der Waals surface area contributed by atoms with Crippen molar-refractivity contribution in [3.05, 3.63) is 35.4 Å². The second kappa shape index (κ2) is 5.29. The van der Waals surface area contributed by atoms with Crippen LogP contribution in [0.5, 0.6) is 0 Å². The number of hydrogen-bond donors (Lipinski definition) is 2. The first kappa shape index (κ1) is 12.1. The van der Waals surface area contributed by atoms with Gasteiger partial charge in [0, 0.05) is 19.2 Å². The highest BCUT2D eigenvalue weighted by Gasteiger charge is 2.23. The van der Waals surface area contributed by atoms with Crippen molar-refractivity contribution in [1.82, 2.24) is 5.32 Å². The van der Waals surface area contributed by atoms with E-state index in [1.54, 1.807) is 18.2 Å². The summed E-state index contributed by atoms with van der Waals surface area (Å²) in [6.07, 6.45) is 1.25. The lowest BCUT2D eigenvalue weighted by Crippen LogP contribution is -2.34. The Hall–Kier alpha value is -1.39. The molecular formula is C13H17NO3. The van der Waals surface area contributed by atoms with Gasteiger partial charge >= 0.3 is 5.97 Å². The molecule has 4 heteroatoms. The van der Waals surface area contributed by atoms with Crippen LogP contribution in [-0.4, -0.2) is 29.8 Å². The van der Waals surface area contributed by atoms with E-state index in [4.69, 9.17) is 9.84 Å². The van der Waals surface area contributed by atoms with Gasteiger partial charge in [0.15, 0.2) is 0 Å². The van der Waals surface area contributed by atoms with Gasteiger partial charge in [-0.2, -0.15) is 0 Å². The fourth-order valence-corrected chi connectivity index (χ4v) is 2.06. The molecule has 2 N–H and O–H groups in total. The van der Waals surface area contributed by atoms with Gasteiger partial charge in [-0.15, -0.1) is 0 Å². The Morgan fingerprint density at radius 1 is 1.59 bits per heavy atom. The number of carbonyl (C=O) groups is 1. The van der Waals surface area contributed by atoms with Gasteiger partial charge < -0.3 is 15.2 Å². The van der Waals surface area contributed by atoms with Crippen molar-refractivity contribution in [1.29, 1.82) is 0 Å². The molecule has 2 rings (SSSR count). The summed E-state index contributed by atoms with van der Waals surface area (Å²) in [6, 6.07) is 7.38. The van der Waals surface area contributed by atoms with Gasteiger partial charge in [0.2, 0.25) is 0 Å². The third-order valence-electron chi connectivity index (χ3n) is 3.12. The van der Waals surface area contributed by atoms with E-state index in [9.17, 15) is 4.79 Å². The highest BCUT2D eigenvalue weighted by atomic mass is 16.5. The molecule has 1 aliphatic rings. The van der Waals surface area contributed by atoms with Gasteiger partial charge in [-0.05, 0) is 31.0 Å². The zero-order valence-corrected chi connectivity index (χ0v) is 9.85. The van der Waals surface area contributed by atoms with E-state index >= 15 is 0 Å². The van der Waals surface area contributed by atoms with E-state index in [1.807, 2.05) is 6.07 Å². The predicted octanol–water partition coefficient (Wildman–Crippen LogP) is 1.65. The van der Waals surface area contributed by atoms with Gasteiger partial charge in [-0.1, -0.05) is 12.1 Å². The minimum absolute atomic E-state index is 0.234. The quantitative estimate of drug-likeness (QED) is 0.833. The number of carboxylic acid groups (broad SMARTS) is 1. The first-order valence-corrected chi connectivity index (χ1v) is 5.84. The van der Waals surface area contributed by atoms with Crippen LogP contribution >= 0.6 is 0 Å². The topological polar surface area (TPSA) is 58.6 Å². The lowest BCUT2D eigenvalue weighted by atomic mass is 10.1. The van der Waals surface area contributed by atoms with Crippen molar-refractivity contribution < 1.29 is 14.6 Å². The molecule has 1 fully saturated rings. The first-order valence-electron chi connectivity index (χ1n) is 5.84. The molecule has 0 radical (unpaired) electrons. The molecule has 1 aromatic rings. The van der Waals surface area contributed by atoms with Crippen LogP contribution in [0, 0.1) is 0 Å². The standard InChI is InChI=1S/C13H17NO3/c1-9-12(5-6-17-9)14-8-10-3-2-4-11(7-10)13(15)16/h2-4,7,9,12,14H,5-6,8H2,1H3,(H,15,16). The zero-order chi connectivity index (χ0) is 12.3. The SMILES string of the molecule is CC1OCCC1NCc1cccc(C(=O)O)c1. The van der Waals surface area contributed by atoms with Gasteiger partial charge in [0.25, 0.3) is 0 Å². The fourth-order valence-electron chi connectivity index (χ4n) is 2.06. The highest BCUT2D eigenvalue weighted by Crippen LogP contribution is 2.13. The summed E-state index contributed by atoms with van der Waals surface area (Å²) in [6.45, 7) is 3.53. The van der Waals surface area contributed by atoms with E-state index in [-0.39, 0.29) is 6.10 Å². The molecule has 17 heavy (non-hydrogen) atoms. The van der Waals surface area contributed by atoms with Crippen LogP contribution in [0.25, 0.3) is 0 Å². The molecule has 0 saturated carbocycles. The largest absolute Gasteiger partial charge is 0.478 e. The number of rotatable bonds is 4. The maximum Gasteiger partial charge on any atom is 0.335 e. The molecule has 0 spiro atoms. The molecule has 0 amide bonds. The number of ether oxygens (including phenoxy) is 1. The maximum atomic E-state index is 10.8. The molecule has 0 aliphatic carbocycles. The van der Waals surface area contributed by atoms with Gasteiger partial charge in [-0.25, -0.2) is 4.79 Å². The molecular weight excluding hydrogens is 218 g/mol. The van der Waals surface area contributed by atoms with Crippen molar-refractivity contribution >= 4 is 5.97 Å². The van der Waals surface area contributed by atoms with Crippen LogP contribution in [0.15, 0.2) is 24.3 Å². The summed E-state index contributed by atoms with van der Waals surface area (Å²) < 4.78 is 5.46. The Bertz CT molecular complexity index is 405. The van der Waals surface area contributed by atoms with Crippen molar-refractivity contribution in [2.45, 2.75) is 32.0 Å². The third-order valence-corrected chi connectivity index (χ3v) is 3.12. The summed E-state index contributed by atoms with van der Waals surface area (Å²) in [5.74, 6) is -0.885. The predicted molar refractivity (Wildman–Crippen MR) is 64.1 cm³/mol. The van der Waals surface area contributed by atoms with Crippen LogP contribution in [-0.2, 0) is 11.3 Å². The Labute approximate surface area is 101 Å². The zero-order valence-electron chi connectivity index (χ0n) is 9.85. The summed E-state index contributed by atoms with van der Waals surface area (Å²) in [5.41, 5.74) is 1.32. The molecule has 1 aromatic carbocycles. The van der Waals surface area contributed by atoms with Crippen LogP contribution in [0.4, 0.5) is 0 Å². The average Bonchev–Trinajstić information content (AvgIpc) is 2.72. The first-order chi connectivity index (χ1) is 8.16. The molecule has 1 saturated heterocycles. The van der Waals surface area contributed by atoms with Crippen molar-refractivity contribution in [3.8, 4) is 0 Å². The van der Waals surface area contributed by atoms with E-state index in [2.05, 4.69) is 12.2 Å². The normalized spacial score (nSPS) is 23.8. The van der Waals surface area contributed by atoms with Crippen LogP contribution < -0.4 is 5.32 Å². The van der Waals surface area contributed by atoms with Crippen LogP contribution in [0.1, 0.15) is 29.3 Å². The Kier molecular flexibility index (Phi) is 3.76. The number of nitrogens with one attached hydrogen (secondary N) is 1. The average molecular weight is 235 g/mol. The van der Waals surface area contributed by atoms with Gasteiger partial charge in [0.1, 0.15) is 0 Å². The lowest BCUT2D eigenvalue weighted by Gasteiger charge is -2.16. The number of carboxylic acids is 1. The number of benzene rings is 1. The molecule has 1 aliphatic heterocycles. The lowest BCUT2D eigenvalue weighted by molar-refractivity contribution is 0.0696. The smallest absolute Gasteiger partial charge is 0.335 e. The minimum atomic E-state index is -0.885. The van der Waals surface area contributed by atoms with E-state index in [1.165, 1.54) is 0 Å².